The summed E-state index contributed by atoms with van der Waals surface area (Å²) in [6, 6.07) is 18.2. The van der Waals surface area contributed by atoms with Crippen LogP contribution in [0.5, 0.6) is 0 Å². The molecule has 5 aliphatic rings. The topological polar surface area (TPSA) is 6.48 Å². The Hall–Kier alpha value is -4.26. The van der Waals surface area contributed by atoms with Gasteiger partial charge < -0.3 is 9.80 Å². The number of para-hydroxylation sites is 1. The van der Waals surface area contributed by atoms with E-state index in [1.165, 1.54) is 45.2 Å². The van der Waals surface area contributed by atoms with Gasteiger partial charge in [-0.3, -0.25) is 0 Å². The van der Waals surface area contributed by atoms with Crippen LogP contribution in [0.1, 0.15) is 25.8 Å². The molecule has 2 aromatic carbocycles. The Morgan fingerprint density at radius 3 is 2.68 bits per heavy atom. The summed E-state index contributed by atoms with van der Waals surface area (Å²) in [5.41, 5.74) is 13.6. The molecule has 0 spiro atoms. The Kier molecular flexibility index (Phi) is 4.99. The first-order chi connectivity index (χ1) is 18.1. The molecular weight excluding hydrogens is 448 g/mol. The van der Waals surface area contributed by atoms with Crippen LogP contribution in [-0.2, 0) is 5.41 Å². The predicted octanol–water partition coefficient (Wildman–Crippen LogP) is 8.35. The zero-order valence-corrected chi connectivity index (χ0v) is 21.3. The number of nitrogens with zero attached hydrogens (tertiary/aromatic N) is 2. The molecule has 2 atom stereocenters. The van der Waals surface area contributed by atoms with Crippen molar-refractivity contribution in [2.45, 2.75) is 31.7 Å². The van der Waals surface area contributed by atoms with E-state index in [0.717, 1.165) is 6.42 Å². The van der Waals surface area contributed by atoms with Crippen molar-refractivity contribution in [1.29, 1.82) is 0 Å². The zero-order chi connectivity index (χ0) is 25.0. The summed E-state index contributed by atoms with van der Waals surface area (Å²) >= 11 is 0. The van der Waals surface area contributed by atoms with Crippen LogP contribution in [0, 0.1) is 5.92 Å². The van der Waals surface area contributed by atoms with Gasteiger partial charge in [0.15, 0.2) is 0 Å². The largest absolute Gasteiger partial charge is 0.333 e. The zero-order valence-electron chi connectivity index (χ0n) is 21.3. The number of fused-ring (bicyclic) bond motifs is 3. The van der Waals surface area contributed by atoms with Gasteiger partial charge in [0.1, 0.15) is 0 Å². The van der Waals surface area contributed by atoms with Crippen molar-refractivity contribution in [2.75, 3.05) is 9.80 Å². The van der Waals surface area contributed by atoms with Crippen LogP contribution in [-0.4, -0.2) is 6.04 Å². The van der Waals surface area contributed by atoms with Gasteiger partial charge >= 0.3 is 0 Å². The van der Waals surface area contributed by atoms with Crippen LogP contribution in [0.15, 0.2) is 150 Å². The molecule has 2 unspecified atom stereocenters. The molecule has 180 valence electrons. The summed E-state index contributed by atoms with van der Waals surface area (Å²) < 4.78 is 0. The molecule has 0 aromatic heterocycles. The smallest absolute Gasteiger partial charge is 0.0629 e. The Morgan fingerprint density at radius 2 is 1.73 bits per heavy atom. The number of hydrogen-bond acceptors (Lipinski definition) is 2. The molecule has 2 nitrogen and oxygen atoms in total. The molecule has 0 saturated carbocycles. The molecule has 2 heteroatoms. The highest BCUT2D eigenvalue weighted by atomic mass is 15.2. The second-order valence-electron chi connectivity index (χ2n) is 10.7. The van der Waals surface area contributed by atoms with E-state index in [4.69, 9.17) is 0 Å². The van der Waals surface area contributed by atoms with Crippen LogP contribution >= 0.6 is 0 Å². The van der Waals surface area contributed by atoms with Gasteiger partial charge in [-0.05, 0) is 59.2 Å². The minimum Gasteiger partial charge on any atom is -0.333 e. The second-order valence-corrected chi connectivity index (χ2v) is 10.7. The van der Waals surface area contributed by atoms with Crippen molar-refractivity contribution >= 4 is 17.1 Å². The molecule has 0 amide bonds. The third-order valence-corrected chi connectivity index (χ3v) is 8.26. The van der Waals surface area contributed by atoms with Gasteiger partial charge in [0.25, 0.3) is 0 Å². The van der Waals surface area contributed by atoms with Gasteiger partial charge in [-0.1, -0.05) is 92.8 Å². The number of anilines is 3. The standard InChI is InChI=1S/C35H30N2/c1-35(2)29-18-6-4-8-22-33(29)37(34-23-12-10-19-30(34)35)26-15-13-14-25(24-26)36-31-20-7-3-5-16-27(31)28-17-9-11-21-32(28)36/h3-4,6-21,23-24,28,32H,22H2,1-2H3. The van der Waals surface area contributed by atoms with Gasteiger partial charge in [0, 0.05) is 46.2 Å². The molecule has 0 radical (unpaired) electrons. The lowest BCUT2D eigenvalue weighted by Gasteiger charge is -2.43. The normalized spacial score (nSPS) is 24.2. The van der Waals surface area contributed by atoms with Gasteiger partial charge in [-0.25, -0.2) is 0 Å². The minimum atomic E-state index is -0.0614. The molecule has 0 N–H and O–H groups in total. The summed E-state index contributed by atoms with van der Waals surface area (Å²) in [5, 5.41) is 0. The molecule has 2 aliphatic heterocycles. The average molecular weight is 479 g/mol. The van der Waals surface area contributed by atoms with E-state index >= 15 is 0 Å². The molecule has 0 bridgehead atoms. The van der Waals surface area contributed by atoms with E-state index in [1.54, 1.807) is 0 Å². The van der Waals surface area contributed by atoms with Crippen molar-refractivity contribution in [3.8, 4) is 0 Å². The second kappa shape index (κ2) is 8.40. The van der Waals surface area contributed by atoms with Crippen LogP contribution in [0.3, 0.4) is 0 Å². The van der Waals surface area contributed by atoms with Crippen molar-refractivity contribution < 1.29 is 0 Å². The van der Waals surface area contributed by atoms with E-state index < -0.39 is 0 Å². The molecule has 37 heavy (non-hydrogen) atoms. The van der Waals surface area contributed by atoms with E-state index in [1.807, 2.05) is 6.08 Å². The first kappa shape index (κ1) is 22.0. The summed E-state index contributed by atoms with van der Waals surface area (Å²) in [5.74, 6) is 0.329. The van der Waals surface area contributed by atoms with E-state index in [2.05, 4.69) is 145 Å². The number of hydrogen-bond donors (Lipinski definition) is 0. The van der Waals surface area contributed by atoms with Crippen molar-refractivity contribution in [3.05, 3.63) is 155 Å². The maximum atomic E-state index is 3.34. The maximum absolute atomic E-state index is 3.34. The summed E-state index contributed by atoms with van der Waals surface area (Å²) in [4.78, 5) is 4.99. The Bertz CT molecular complexity index is 1580. The van der Waals surface area contributed by atoms with Crippen molar-refractivity contribution in [2.24, 2.45) is 5.92 Å². The lowest BCUT2D eigenvalue weighted by Crippen LogP contribution is -2.34. The van der Waals surface area contributed by atoms with Crippen LogP contribution in [0.2, 0.25) is 0 Å². The van der Waals surface area contributed by atoms with Gasteiger partial charge in [-0.15, -0.1) is 5.73 Å². The van der Waals surface area contributed by atoms with Crippen molar-refractivity contribution in [1.82, 2.24) is 0 Å². The summed E-state index contributed by atoms with van der Waals surface area (Å²) in [6.45, 7) is 4.71. The van der Waals surface area contributed by atoms with E-state index in [-0.39, 0.29) is 11.5 Å². The van der Waals surface area contributed by atoms with Crippen LogP contribution < -0.4 is 9.80 Å². The number of allylic oxidation sites excluding steroid dienone is 10. The van der Waals surface area contributed by atoms with E-state index in [9.17, 15) is 0 Å². The quantitative estimate of drug-likeness (QED) is 0.400. The van der Waals surface area contributed by atoms with E-state index in [0.29, 0.717) is 5.92 Å². The fourth-order valence-corrected chi connectivity index (χ4v) is 6.55. The summed E-state index contributed by atoms with van der Waals surface area (Å²) in [7, 11) is 0. The summed E-state index contributed by atoms with van der Waals surface area (Å²) in [6.07, 6.45) is 27.3. The minimum absolute atomic E-state index is 0.0614. The highest BCUT2D eigenvalue weighted by Gasteiger charge is 2.40. The average Bonchev–Trinajstić information content (AvgIpc) is 3.13. The van der Waals surface area contributed by atoms with Crippen molar-refractivity contribution in [3.63, 3.8) is 0 Å². The van der Waals surface area contributed by atoms with Gasteiger partial charge in [0.2, 0.25) is 0 Å². The molecular formula is C35H30N2. The SMILES string of the molecule is CC1(C)C2=C(CC=CC=C2)N(c2cccc(N3C4=C(C=C=CC=C4)C4C=CC=CC43)c2)c2ccccc21. The third kappa shape index (κ3) is 3.34. The lowest BCUT2D eigenvalue weighted by atomic mass is 9.72. The first-order valence-corrected chi connectivity index (χ1v) is 13.2. The monoisotopic (exact) mass is 478 g/mol. The first-order valence-electron chi connectivity index (χ1n) is 13.2. The van der Waals surface area contributed by atoms with Crippen LogP contribution in [0.4, 0.5) is 17.1 Å². The van der Waals surface area contributed by atoms with Crippen LogP contribution in [0.25, 0.3) is 0 Å². The predicted molar refractivity (Wildman–Crippen MR) is 155 cm³/mol. The molecule has 2 aromatic rings. The third-order valence-electron chi connectivity index (χ3n) is 8.26. The Balaban J connectivity index is 1.40. The highest BCUT2D eigenvalue weighted by Crippen LogP contribution is 2.51. The molecule has 3 aliphatic carbocycles. The lowest BCUT2D eigenvalue weighted by molar-refractivity contribution is 0.615. The van der Waals surface area contributed by atoms with Gasteiger partial charge in [-0.2, -0.15) is 0 Å². The fourth-order valence-electron chi connectivity index (χ4n) is 6.55. The number of rotatable bonds is 2. The molecule has 0 fully saturated rings. The molecule has 7 rings (SSSR count). The highest BCUT2D eigenvalue weighted by molar-refractivity contribution is 5.80. The maximum Gasteiger partial charge on any atom is 0.0629 e. The molecule has 0 saturated heterocycles. The number of benzene rings is 2. The molecule has 2 heterocycles. The fraction of sp³-hybridized carbons (Fsp3) is 0.171. The Morgan fingerprint density at radius 1 is 0.865 bits per heavy atom. The van der Waals surface area contributed by atoms with Gasteiger partial charge in [0.05, 0.1) is 6.04 Å². The Labute approximate surface area is 219 Å².